The Kier molecular flexibility index (Phi) is 7.27. The number of likely N-dealkylation sites (N-methyl/N-ethyl adjacent to an activating group) is 1. The van der Waals surface area contributed by atoms with Crippen LogP contribution in [0.25, 0.3) is 0 Å². The maximum absolute atomic E-state index is 12.8. The van der Waals surface area contributed by atoms with Crippen LogP contribution in [-0.4, -0.2) is 67.6 Å². The van der Waals surface area contributed by atoms with E-state index in [1.807, 2.05) is 34.1 Å². The summed E-state index contributed by atoms with van der Waals surface area (Å²) >= 11 is 6.04. The number of hydrogen-bond donors (Lipinski definition) is 0. The van der Waals surface area contributed by atoms with Gasteiger partial charge in [-0.25, -0.2) is 4.98 Å². The van der Waals surface area contributed by atoms with Gasteiger partial charge in [0.1, 0.15) is 11.6 Å². The van der Waals surface area contributed by atoms with Crippen molar-refractivity contribution in [2.45, 2.75) is 12.7 Å². The van der Waals surface area contributed by atoms with E-state index < -0.39 is 11.7 Å². The molecule has 1 amide bonds. The smallest absolute Gasteiger partial charge is 0.417 e. The summed E-state index contributed by atoms with van der Waals surface area (Å²) in [5.74, 6) is 1.06. The number of hydrogen-bond acceptors (Lipinski definition) is 5. The predicted octanol–water partition coefficient (Wildman–Crippen LogP) is 3.54. The van der Waals surface area contributed by atoms with Gasteiger partial charge < -0.3 is 14.5 Å². The van der Waals surface area contributed by atoms with E-state index in [0.717, 1.165) is 23.6 Å². The quantitative estimate of drug-likeness (QED) is 0.665. The highest BCUT2D eigenvalue weighted by Crippen LogP contribution is 2.33. The van der Waals surface area contributed by atoms with Crippen LogP contribution >= 0.6 is 11.6 Å². The zero-order valence-corrected chi connectivity index (χ0v) is 18.1. The van der Waals surface area contributed by atoms with E-state index in [-0.39, 0.29) is 17.5 Å². The van der Waals surface area contributed by atoms with Gasteiger partial charge in [-0.2, -0.15) is 13.2 Å². The number of anilines is 1. The van der Waals surface area contributed by atoms with Crippen LogP contribution in [0.1, 0.15) is 11.1 Å². The molecule has 31 heavy (non-hydrogen) atoms. The van der Waals surface area contributed by atoms with Crippen molar-refractivity contribution in [2.75, 3.05) is 51.8 Å². The number of benzene rings is 1. The highest BCUT2D eigenvalue weighted by atomic mass is 35.5. The second-order valence-corrected chi connectivity index (χ2v) is 7.80. The molecule has 0 saturated carbocycles. The molecule has 1 aliphatic rings. The first-order valence-corrected chi connectivity index (χ1v) is 10.1. The molecular weight excluding hydrogens is 433 g/mol. The van der Waals surface area contributed by atoms with Gasteiger partial charge in [-0.3, -0.25) is 9.69 Å². The van der Waals surface area contributed by atoms with Gasteiger partial charge in [-0.15, -0.1) is 0 Å². The molecule has 0 N–H and O–H groups in total. The van der Waals surface area contributed by atoms with Crippen molar-refractivity contribution in [2.24, 2.45) is 0 Å². The number of amides is 1. The van der Waals surface area contributed by atoms with Gasteiger partial charge in [-0.05, 0) is 23.8 Å². The highest BCUT2D eigenvalue weighted by molar-refractivity contribution is 6.33. The number of ether oxygens (including phenoxy) is 1. The molecule has 0 unspecified atom stereocenters. The zero-order valence-electron chi connectivity index (χ0n) is 17.3. The molecule has 6 nitrogen and oxygen atoms in total. The fraction of sp³-hybridized carbons (Fsp3) is 0.429. The molecule has 0 bridgehead atoms. The molecular formula is C21H24ClF3N4O2. The average molecular weight is 457 g/mol. The van der Waals surface area contributed by atoms with Crippen molar-refractivity contribution >= 4 is 23.3 Å². The Hall–Kier alpha value is -2.52. The minimum absolute atomic E-state index is 0.0121. The molecule has 3 rings (SSSR count). The van der Waals surface area contributed by atoms with Crippen LogP contribution in [0.15, 0.2) is 36.5 Å². The van der Waals surface area contributed by atoms with E-state index in [1.165, 1.54) is 0 Å². The van der Waals surface area contributed by atoms with E-state index in [2.05, 4.69) is 4.98 Å². The molecule has 10 heteroatoms. The number of carbonyl (C=O) groups excluding carboxylic acids is 1. The number of carbonyl (C=O) groups is 1. The lowest BCUT2D eigenvalue weighted by Crippen LogP contribution is -2.50. The topological polar surface area (TPSA) is 48.9 Å². The number of rotatable bonds is 6. The molecule has 1 saturated heterocycles. The van der Waals surface area contributed by atoms with Crippen LogP contribution in [0.4, 0.5) is 19.0 Å². The van der Waals surface area contributed by atoms with E-state index in [1.54, 1.807) is 19.1 Å². The first-order valence-electron chi connectivity index (χ1n) is 9.74. The molecule has 0 spiro atoms. The Morgan fingerprint density at radius 1 is 1.23 bits per heavy atom. The first-order chi connectivity index (χ1) is 14.7. The Balaban J connectivity index is 1.52. The van der Waals surface area contributed by atoms with Crippen molar-refractivity contribution in [3.63, 3.8) is 0 Å². The molecule has 1 aromatic carbocycles. The Labute approximate surface area is 184 Å². The van der Waals surface area contributed by atoms with Crippen LogP contribution < -0.4 is 9.64 Å². The summed E-state index contributed by atoms with van der Waals surface area (Å²) < 4.78 is 43.6. The highest BCUT2D eigenvalue weighted by Gasteiger charge is 2.32. The lowest BCUT2D eigenvalue weighted by atomic mass is 10.2. The third kappa shape index (κ3) is 6.01. The normalized spacial score (nSPS) is 15.1. The van der Waals surface area contributed by atoms with Crippen molar-refractivity contribution < 1.29 is 22.7 Å². The molecule has 2 aromatic rings. The summed E-state index contributed by atoms with van der Waals surface area (Å²) in [6.07, 6.45) is -3.68. The molecule has 0 atom stereocenters. The molecule has 1 aromatic heterocycles. The van der Waals surface area contributed by atoms with E-state index in [0.29, 0.717) is 38.5 Å². The van der Waals surface area contributed by atoms with Gasteiger partial charge >= 0.3 is 6.18 Å². The van der Waals surface area contributed by atoms with Crippen LogP contribution in [0.3, 0.4) is 0 Å². The lowest BCUT2D eigenvalue weighted by molar-refractivity contribution is -0.137. The van der Waals surface area contributed by atoms with Crippen molar-refractivity contribution in [1.82, 2.24) is 14.8 Å². The standard InChI is InChI=1S/C21H24ClF3N4O2/c1-27(13-15-4-3-5-17(10-15)31-2)19(30)14-28-6-8-29(9-7-28)20-18(22)11-16(12-26-20)21(23,24)25/h3-5,10-12H,6-9,13-14H2,1-2H3. The minimum Gasteiger partial charge on any atom is -0.497 e. The summed E-state index contributed by atoms with van der Waals surface area (Å²) in [6, 6.07) is 8.46. The maximum atomic E-state index is 12.8. The SMILES string of the molecule is COc1cccc(CN(C)C(=O)CN2CCN(c3ncc(C(F)(F)F)cc3Cl)CC2)c1. The summed E-state index contributed by atoms with van der Waals surface area (Å²) in [5, 5.41) is -0.0302. The molecule has 1 aliphatic heterocycles. The van der Waals surface area contributed by atoms with Gasteiger partial charge in [0.15, 0.2) is 0 Å². The third-order valence-corrected chi connectivity index (χ3v) is 5.44. The van der Waals surface area contributed by atoms with Crippen LogP contribution in [0.5, 0.6) is 5.75 Å². The molecule has 168 valence electrons. The van der Waals surface area contributed by atoms with Crippen LogP contribution in [-0.2, 0) is 17.5 Å². The number of methoxy groups -OCH3 is 1. The van der Waals surface area contributed by atoms with Crippen molar-refractivity contribution in [1.29, 1.82) is 0 Å². The third-order valence-electron chi connectivity index (χ3n) is 5.16. The fourth-order valence-corrected chi connectivity index (χ4v) is 3.67. The van der Waals surface area contributed by atoms with Crippen LogP contribution in [0.2, 0.25) is 5.02 Å². The predicted molar refractivity (Wildman–Crippen MR) is 112 cm³/mol. The van der Waals surface area contributed by atoms with E-state index in [4.69, 9.17) is 16.3 Å². The second kappa shape index (κ2) is 9.74. The second-order valence-electron chi connectivity index (χ2n) is 7.39. The van der Waals surface area contributed by atoms with Crippen molar-refractivity contribution in [3.8, 4) is 5.75 Å². The number of nitrogens with zero attached hydrogens (tertiary/aromatic N) is 4. The minimum atomic E-state index is -4.48. The van der Waals surface area contributed by atoms with Gasteiger partial charge in [0.25, 0.3) is 0 Å². The van der Waals surface area contributed by atoms with Crippen molar-refractivity contribution in [3.05, 3.63) is 52.7 Å². The Morgan fingerprint density at radius 2 is 1.94 bits per heavy atom. The average Bonchev–Trinajstić information content (AvgIpc) is 2.74. The summed E-state index contributed by atoms with van der Waals surface area (Å²) in [4.78, 5) is 22.0. The Morgan fingerprint density at radius 3 is 2.55 bits per heavy atom. The number of pyridine rings is 1. The largest absolute Gasteiger partial charge is 0.497 e. The summed E-state index contributed by atoms with van der Waals surface area (Å²) in [6.45, 7) is 2.94. The van der Waals surface area contributed by atoms with Gasteiger partial charge in [0, 0.05) is 46.0 Å². The zero-order chi connectivity index (χ0) is 22.6. The summed E-state index contributed by atoms with van der Waals surface area (Å²) in [5.41, 5.74) is 0.104. The van der Waals surface area contributed by atoms with Crippen LogP contribution in [0, 0.1) is 0 Å². The fourth-order valence-electron chi connectivity index (χ4n) is 3.38. The Bertz CT molecular complexity index is 918. The monoisotopic (exact) mass is 456 g/mol. The number of aromatic nitrogens is 1. The van der Waals surface area contributed by atoms with Gasteiger partial charge in [0.2, 0.25) is 5.91 Å². The van der Waals surface area contributed by atoms with Gasteiger partial charge in [-0.1, -0.05) is 23.7 Å². The van der Waals surface area contributed by atoms with E-state index in [9.17, 15) is 18.0 Å². The molecule has 1 fully saturated rings. The number of halogens is 4. The number of alkyl halides is 3. The molecule has 2 heterocycles. The van der Waals surface area contributed by atoms with Gasteiger partial charge in [0.05, 0.1) is 24.2 Å². The molecule has 0 aliphatic carbocycles. The maximum Gasteiger partial charge on any atom is 0.417 e. The number of piperazine rings is 1. The molecule has 0 radical (unpaired) electrons. The first kappa shape index (κ1) is 23.1. The lowest BCUT2D eigenvalue weighted by Gasteiger charge is -2.36. The summed E-state index contributed by atoms with van der Waals surface area (Å²) in [7, 11) is 3.35. The van der Waals surface area contributed by atoms with E-state index >= 15 is 0 Å².